The van der Waals surface area contributed by atoms with Crippen molar-refractivity contribution < 1.29 is 62.1 Å². The molecule has 2 aromatic rings. The number of rotatable bonds is 2. The van der Waals surface area contributed by atoms with Crippen molar-refractivity contribution in [2.75, 3.05) is 0 Å². The summed E-state index contributed by atoms with van der Waals surface area (Å²) in [5, 5.41) is -3.30. The summed E-state index contributed by atoms with van der Waals surface area (Å²) in [5.41, 5.74) is -8.30. The van der Waals surface area contributed by atoms with E-state index in [1.165, 1.54) is 0 Å². The smallest absolute Gasteiger partial charge is 0.338 e. The van der Waals surface area contributed by atoms with Gasteiger partial charge in [-0.05, 0) is 36.4 Å². The van der Waals surface area contributed by atoms with E-state index in [-0.39, 0.29) is 24.3 Å². The molecule has 0 atom stereocenters. The molecule has 0 saturated heterocycles. The zero-order valence-corrected chi connectivity index (χ0v) is 15.2. The zero-order chi connectivity index (χ0) is 24.2. The lowest BCUT2D eigenvalue weighted by molar-refractivity contribution is -0.144. The van der Waals surface area contributed by atoms with Crippen LogP contribution in [0.25, 0.3) is 0 Å². The van der Waals surface area contributed by atoms with Gasteiger partial charge in [-0.15, -0.1) is 0 Å². The van der Waals surface area contributed by atoms with E-state index in [0.717, 1.165) is 0 Å². The van der Waals surface area contributed by atoms with Crippen LogP contribution >= 0.6 is 7.37 Å². The van der Waals surface area contributed by atoms with Crippen molar-refractivity contribution >= 4 is 18.0 Å². The second-order valence-electron chi connectivity index (χ2n) is 6.10. The molecule has 0 unspecified atom stereocenters. The van der Waals surface area contributed by atoms with Gasteiger partial charge in [0.05, 0.1) is 22.3 Å². The predicted octanol–water partition coefficient (Wildman–Crippen LogP) is 5.98. The highest BCUT2D eigenvalue weighted by atomic mass is 31.2. The van der Waals surface area contributed by atoms with Crippen molar-refractivity contribution in [1.82, 2.24) is 0 Å². The fourth-order valence-electron chi connectivity index (χ4n) is 2.38. The van der Waals surface area contributed by atoms with E-state index in [4.69, 9.17) is 0 Å². The average Bonchev–Trinajstić information content (AvgIpc) is 2.58. The minimum absolute atomic E-state index is 0.246. The van der Waals surface area contributed by atoms with Gasteiger partial charge in [-0.3, -0.25) is 4.57 Å². The van der Waals surface area contributed by atoms with Gasteiger partial charge < -0.3 is 4.89 Å². The third kappa shape index (κ3) is 5.53. The van der Waals surface area contributed by atoms with Gasteiger partial charge in [0.1, 0.15) is 0 Å². The van der Waals surface area contributed by atoms with E-state index in [1.54, 1.807) is 0 Å². The van der Waals surface area contributed by atoms with Crippen LogP contribution < -0.4 is 10.6 Å². The minimum Gasteiger partial charge on any atom is -0.338 e. The molecule has 0 aliphatic heterocycles. The molecular weight excluding hydrogens is 483 g/mol. The summed E-state index contributed by atoms with van der Waals surface area (Å²) in [5.74, 6) is 0. The van der Waals surface area contributed by atoms with Crippen molar-refractivity contribution in [3.63, 3.8) is 0 Å². The normalized spacial score (nSPS) is 14.1. The number of benzene rings is 2. The largest absolute Gasteiger partial charge is 0.416 e. The highest BCUT2D eigenvalue weighted by Gasteiger charge is 2.42. The van der Waals surface area contributed by atoms with E-state index >= 15 is 0 Å². The predicted molar refractivity (Wildman–Crippen MR) is 82.0 cm³/mol. The van der Waals surface area contributed by atoms with Crippen molar-refractivity contribution in [3.8, 4) is 0 Å². The molecular formula is C16H7F12O2P. The maximum atomic E-state index is 12.9. The topological polar surface area (TPSA) is 37.3 Å². The van der Waals surface area contributed by atoms with E-state index in [2.05, 4.69) is 0 Å². The standard InChI is InChI=1S/C16H7F12O2P/c17-13(18,19)7-1-8(14(20,21)22)4-11(3-7)31(29,30)12-5-9(15(23,24)25)2-10(6-12)16(26,27)28/h1-6H,(H,29,30). The Balaban J connectivity index is 2.85. The van der Waals surface area contributed by atoms with Crippen LogP contribution in [0, 0.1) is 0 Å². The van der Waals surface area contributed by atoms with Crippen LogP contribution in [0.3, 0.4) is 0 Å². The molecule has 1 N–H and O–H groups in total. The molecule has 0 spiro atoms. The quantitative estimate of drug-likeness (QED) is 0.416. The van der Waals surface area contributed by atoms with Crippen LogP contribution in [0.15, 0.2) is 36.4 Å². The Kier molecular flexibility index (Phi) is 6.01. The fraction of sp³-hybridized carbons (Fsp3) is 0.250. The Hall–Kier alpha value is -2.21. The first-order valence-corrected chi connectivity index (χ1v) is 9.22. The van der Waals surface area contributed by atoms with Gasteiger partial charge >= 0.3 is 24.7 Å². The van der Waals surface area contributed by atoms with Crippen LogP contribution in [0.4, 0.5) is 52.7 Å². The Bertz CT molecular complexity index is 887. The van der Waals surface area contributed by atoms with Crippen LogP contribution in [0.5, 0.6) is 0 Å². The molecule has 172 valence electrons. The monoisotopic (exact) mass is 490 g/mol. The van der Waals surface area contributed by atoms with E-state index < -0.39 is 77.1 Å². The lowest BCUT2D eigenvalue weighted by Gasteiger charge is -2.20. The summed E-state index contributed by atoms with van der Waals surface area (Å²) < 4.78 is 168. The summed E-state index contributed by atoms with van der Waals surface area (Å²) in [7, 11) is -5.78. The number of hydrogen-bond donors (Lipinski definition) is 1. The van der Waals surface area contributed by atoms with E-state index in [0.29, 0.717) is 0 Å². The fourth-order valence-corrected chi connectivity index (χ4v) is 3.93. The SMILES string of the molecule is O=P(O)(c1cc(C(F)(F)F)cc(C(F)(F)F)c1)c1cc(C(F)(F)F)cc(C(F)(F)F)c1. The lowest BCUT2D eigenvalue weighted by atomic mass is 10.1. The Morgan fingerprint density at radius 3 is 0.839 bits per heavy atom. The average molecular weight is 490 g/mol. The van der Waals surface area contributed by atoms with Crippen molar-refractivity contribution in [3.05, 3.63) is 58.7 Å². The molecule has 0 fully saturated rings. The summed E-state index contributed by atoms with van der Waals surface area (Å²) in [4.78, 5) is 10.1. The van der Waals surface area contributed by atoms with E-state index in [9.17, 15) is 62.1 Å². The summed E-state index contributed by atoms with van der Waals surface area (Å²) >= 11 is 0. The highest BCUT2D eigenvalue weighted by Crippen LogP contribution is 2.45. The third-order valence-corrected chi connectivity index (χ3v) is 5.76. The molecule has 31 heavy (non-hydrogen) atoms. The van der Waals surface area contributed by atoms with Gasteiger partial charge in [-0.2, -0.15) is 52.7 Å². The molecule has 0 bridgehead atoms. The van der Waals surface area contributed by atoms with Crippen LogP contribution in [-0.4, -0.2) is 4.89 Å². The first-order valence-electron chi connectivity index (χ1n) is 7.56. The molecule has 0 heterocycles. The van der Waals surface area contributed by atoms with Crippen LogP contribution in [-0.2, 0) is 29.3 Å². The minimum atomic E-state index is -5.78. The second kappa shape index (κ2) is 7.44. The molecule has 0 amide bonds. The number of alkyl halides is 12. The first-order chi connectivity index (χ1) is 13.6. The summed E-state index contributed by atoms with van der Waals surface area (Å²) in [6.07, 6.45) is -21.9. The van der Waals surface area contributed by atoms with Crippen LogP contribution in [0.1, 0.15) is 22.3 Å². The second-order valence-corrected chi connectivity index (χ2v) is 8.29. The summed E-state index contributed by atoms with van der Waals surface area (Å²) in [6.45, 7) is 0. The molecule has 15 heteroatoms. The molecule has 2 rings (SSSR count). The third-order valence-electron chi connectivity index (χ3n) is 3.84. The van der Waals surface area contributed by atoms with Gasteiger partial charge in [-0.25, -0.2) is 0 Å². The molecule has 2 nitrogen and oxygen atoms in total. The molecule has 0 aliphatic rings. The van der Waals surface area contributed by atoms with Gasteiger partial charge in [0.2, 0.25) is 0 Å². The lowest BCUT2D eigenvalue weighted by Crippen LogP contribution is -2.23. The molecule has 0 aliphatic carbocycles. The maximum Gasteiger partial charge on any atom is 0.416 e. The Morgan fingerprint density at radius 2 is 0.677 bits per heavy atom. The van der Waals surface area contributed by atoms with Gasteiger partial charge in [0.25, 0.3) is 7.37 Å². The maximum absolute atomic E-state index is 12.9. The molecule has 0 radical (unpaired) electrons. The van der Waals surface area contributed by atoms with E-state index in [1.807, 2.05) is 0 Å². The zero-order valence-electron chi connectivity index (χ0n) is 14.3. The highest BCUT2D eigenvalue weighted by molar-refractivity contribution is 7.73. The van der Waals surface area contributed by atoms with Gasteiger partial charge in [-0.1, -0.05) is 0 Å². The molecule has 2 aromatic carbocycles. The van der Waals surface area contributed by atoms with Gasteiger partial charge in [0, 0.05) is 10.6 Å². The molecule has 0 saturated carbocycles. The number of halogens is 12. The Morgan fingerprint density at radius 1 is 0.484 bits per heavy atom. The first kappa shape index (κ1) is 25.1. The number of hydrogen-bond acceptors (Lipinski definition) is 1. The Labute approximate surface area is 164 Å². The van der Waals surface area contributed by atoms with Crippen molar-refractivity contribution in [1.29, 1.82) is 0 Å². The van der Waals surface area contributed by atoms with Crippen molar-refractivity contribution in [2.24, 2.45) is 0 Å². The van der Waals surface area contributed by atoms with Crippen LogP contribution in [0.2, 0.25) is 0 Å². The molecule has 0 aromatic heterocycles. The van der Waals surface area contributed by atoms with Crippen molar-refractivity contribution in [2.45, 2.75) is 24.7 Å². The van der Waals surface area contributed by atoms with Gasteiger partial charge in [0.15, 0.2) is 0 Å². The summed E-state index contributed by atoms with van der Waals surface area (Å²) in [6, 6.07) is -1.83.